The van der Waals surface area contributed by atoms with E-state index in [-0.39, 0.29) is 0 Å². The second-order valence-corrected chi connectivity index (χ2v) is 0.856. The molecule has 2 radical (unpaired) electrons. The van der Waals surface area contributed by atoms with Crippen LogP contribution in [0, 0.1) is 15.5 Å². The van der Waals surface area contributed by atoms with Gasteiger partial charge < -0.3 is 0 Å². The molecule has 0 aliphatic carbocycles. The Balaban J connectivity index is 3.40. The van der Waals surface area contributed by atoms with Crippen molar-refractivity contribution < 1.29 is 5.03 Å². The maximum absolute atomic E-state index is 9.37. The van der Waals surface area contributed by atoms with E-state index in [9.17, 15) is 10.1 Å². The van der Waals surface area contributed by atoms with Crippen LogP contribution in [0.15, 0.2) is 0 Å². The molecular weight excluding hydrogens is 114 g/mol. The maximum atomic E-state index is 9.37. The molecule has 0 heterocycles. The van der Waals surface area contributed by atoms with Gasteiger partial charge in [-0.2, -0.15) is 0 Å². The molecular formula is CH3N5O2. The SMILES string of the molecule is [N]NC(=N)N[N+](=O)[O-]. The van der Waals surface area contributed by atoms with Gasteiger partial charge >= 0.3 is 0 Å². The number of guanidine groups is 1. The predicted octanol–water partition coefficient (Wildman–Crippen LogP) is -1.72. The minimum Gasteiger partial charge on any atom is -0.264 e. The van der Waals surface area contributed by atoms with E-state index >= 15 is 0 Å². The van der Waals surface area contributed by atoms with E-state index in [1.165, 1.54) is 10.9 Å². The summed E-state index contributed by atoms with van der Waals surface area (Å²) in [5, 5.41) is 14.8. The first-order valence-corrected chi connectivity index (χ1v) is 1.56. The average molecular weight is 117 g/mol. The van der Waals surface area contributed by atoms with Gasteiger partial charge in [-0.25, -0.2) is 10.1 Å². The molecule has 8 heavy (non-hydrogen) atoms. The van der Waals surface area contributed by atoms with Gasteiger partial charge in [0.15, 0.2) is 5.03 Å². The van der Waals surface area contributed by atoms with Gasteiger partial charge in [0.1, 0.15) is 0 Å². The van der Waals surface area contributed by atoms with Gasteiger partial charge in [-0.3, -0.25) is 10.8 Å². The molecule has 0 saturated heterocycles. The summed E-state index contributed by atoms with van der Waals surface area (Å²) < 4.78 is 0. The van der Waals surface area contributed by atoms with Crippen LogP contribution in [0.25, 0.3) is 0 Å². The van der Waals surface area contributed by atoms with Gasteiger partial charge in [-0.05, 0) is 5.84 Å². The number of nitrogens with one attached hydrogen (secondary N) is 3. The van der Waals surface area contributed by atoms with E-state index in [0.717, 1.165) is 0 Å². The third-order valence-electron chi connectivity index (χ3n) is 0.315. The Morgan fingerprint density at radius 3 is 2.50 bits per heavy atom. The minimum atomic E-state index is -0.967. The molecule has 0 aromatic heterocycles. The topological polar surface area (TPSA) is 113 Å². The molecule has 0 bridgehead atoms. The molecule has 0 unspecified atom stereocenters. The Labute approximate surface area is 44.5 Å². The van der Waals surface area contributed by atoms with Crippen LogP contribution in [0.2, 0.25) is 0 Å². The van der Waals surface area contributed by atoms with Crippen LogP contribution in [0.4, 0.5) is 0 Å². The first-order chi connectivity index (χ1) is 3.66. The Bertz CT molecular complexity index is 109. The zero-order valence-electron chi connectivity index (χ0n) is 3.71. The summed E-state index contributed by atoms with van der Waals surface area (Å²) in [5.74, 6) is 6.97. The van der Waals surface area contributed by atoms with Gasteiger partial charge in [0.2, 0.25) is 0 Å². The maximum Gasteiger partial charge on any atom is 0.268 e. The predicted molar refractivity (Wildman–Crippen MR) is 23.1 cm³/mol. The molecule has 0 rings (SSSR count). The molecule has 0 amide bonds. The van der Waals surface area contributed by atoms with Crippen LogP contribution in [-0.4, -0.2) is 11.0 Å². The highest BCUT2D eigenvalue weighted by atomic mass is 16.7. The molecule has 0 aliphatic rings. The fraction of sp³-hybridized carbons (Fsp3) is 0. The van der Waals surface area contributed by atoms with E-state index in [2.05, 4.69) is 0 Å². The fourth-order valence-electron chi connectivity index (χ4n) is 0.116. The summed E-state index contributed by atoms with van der Waals surface area (Å²) in [5.41, 5.74) is 2.56. The highest BCUT2D eigenvalue weighted by Gasteiger charge is 1.96. The van der Waals surface area contributed by atoms with Gasteiger partial charge in [-0.15, -0.1) is 0 Å². The van der Waals surface area contributed by atoms with Crippen molar-refractivity contribution in [1.82, 2.24) is 16.7 Å². The molecule has 0 aliphatic heterocycles. The summed E-state index contributed by atoms with van der Waals surface area (Å²) in [6.07, 6.45) is 0. The lowest BCUT2D eigenvalue weighted by molar-refractivity contribution is -0.525. The van der Waals surface area contributed by atoms with Crippen molar-refractivity contribution in [2.75, 3.05) is 0 Å². The lowest BCUT2D eigenvalue weighted by atomic mass is 11.1. The second-order valence-electron chi connectivity index (χ2n) is 0.856. The number of hydrazine groups is 1. The summed E-state index contributed by atoms with van der Waals surface area (Å²) in [7, 11) is 0. The van der Waals surface area contributed by atoms with E-state index < -0.39 is 11.0 Å². The Kier molecular flexibility index (Phi) is 2.28. The number of nitrogens with zero attached hydrogens (tertiary/aromatic N) is 2. The standard InChI is InChI=1S/CH3N5O2/c2-1(4-3)5-6(7)8/h(H3,2,4,5). The zero-order chi connectivity index (χ0) is 6.57. The van der Waals surface area contributed by atoms with Crippen LogP contribution in [0.3, 0.4) is 0 Å². The largest absolute Gasteiger partial charge is 0.268 e. The highest BCUT2D eigenvalue weighted by molar-refractivity contribution is 5.74. The quantitative estimate of drug-likeness (QED) is 0.164. The molecule has 0 spiro atoms. The van der Waals surface area contributed by atoms with Crippen LogP contribution >= 0.6 is 0 Å². The van der Waals surface area contributed by atoms with Crippen LogP contribution < -0.4 is 16.7 Å². The van der Waals surface area contributed by atoms with Gasteiger partial charge in [0.05, 0.1) is 0 Å². The van der Waals surface area contributed by atoms with Gasteiger partial charge in [0, 0.05) is 0 Å². The van der Waals surface area contributed by atoms with Crippen molar-refractivity contribution in [2.45, 2.75) is 0 Å². The van der Waals surface area contributed by atoms with Crippen molar-refractivity contribution in [3.8, 4) is 0 Å². The third-order valence-corrected chi connectivity index (χ3v) is 0.315. The summed E-state index contributed by atoms with van der Waals surface area (Å²) >= 11 is 0. The Morgan fingerprint density at radius 2 is 2.38 bits per heavy atom. The van der Waals surface area contributed by atoms with Crippen LogP contribution in [0.1, 0.15) is 0 Å². The first-order valence-electron chi connectivity index (χ1n) is 1.56. The molecule has 44 valence electrons. The molecule has 7 nitrogen and oxygen atoms in total. The molecule has 0 atom stereocenters. The van der Waals surface area contributed by atoms with Crippen molar-refractivity contribution >= 4 is 5.96 Å². The number of hydrogen-bond donors (Lipinski definition) is 3. The van der Waals surface area contributed by atoms with Crippen molar-refractivity contribution in [2.24, 2.45) is 0 Å². The lowest BCUT2D eigenvalue weighted by Gasteiger charge is -1.91. The Morgan fingerprint density at radius 1 is 1.88 bits per heavy atom. The number of nitro groups is 1. The summed E-state index contributed by atoms with van der Waals surface area (Å²) in [4.78, 5) is 9.37. The minimum absolute atomic E-state index is 0.769. The molecule has 3 N–H and O–H groups in total. The molecule has 0 aromatic carbocycles. The van der Waals surface area contributed by atoms with E-state index in [0.29, 0.717) is 0 Å². The molecule has 0 saturated carbocycles. The first kappa shape index (κ1) is 6.63. The van der Waals surface area contributed by atoms with Crippen LogP contribution in [-0.2, 0) is 0 Å². The third kappa shape index (κ3) is 2.85. The van der Waals surface area contributed by atoms with E-state index in [1.54, 1.807) is 0 Å². The summed E-state index contributed by atoms with van der Waals surface area (Å²) in [6, 6.07) is 0. The smallest absolute Gasteiger partial charge is 0.264 e. The second kappa shape index (κ2) is 2.75. The number of hydrogen-bond acceptors (Lipinski definition) is 3. The molecule has 7 heteroatoms. The Hall–Kier alpha value is -1.37. The fourth-order valence-corrected chi connectivity index (χ4v) is 0.116. The van der Waals surface area contributed by atoms with Crippen molar-refractivity contribution in [3.63, 3.8) is 0 Å². The van der Waals surface area contributed by atoms with E-state index in [1.807, 2.05) is 0 Å². The molecule has 0 fully saturated rings. The van der Waals surface area contributed by atoms with Crippen LogP contribution in [0.5, 0.6) is 0 Å². The van der Waals surface area contributed by atoms with Crippen molar-refractivity contribution in [3.05, 3.63) is 10.1 Å². The zero-order valence-corrected chi connectivity index (χ0v) is 3.71. The van der Waals surface area contributed by atoms with Gasteiger partial charge in [-0.1, -0.05) is 5.43 Å². The highest BCUT2D eigenvalue weighted by Crippen LogP contribution is 1.54. The average Bonchev–Trinajstić information content (AvgIpc) is 1.65. The normalized spacial score (nSPS) is 7.62. The number of rotatable bonds is 1. The van der Waals surface area contributed by atoms with Gasteiger partial charge in [0.25, 0.3) is 5.96 Å². The van der Waals surface area contributed by atoms with Crippen molar-refractivity contribution in [1.29, 1.82) is 5.41 Å². The monoisotopic (exact) mass is 117 g/mol. The summed E-state index contributed by atoms with van der Waals surface area (Å²) in [6.45, 7) is 0. The molecule has 0 aromatic rings. The lowest BCUT2D eigenvalue weighted by Crippen LogP contribution is -2.38. The van der Waals surface area contributed by atoms with E-state index in [4.69, 9.17) is 11.3 Å².